The van der Waals surface area contributed by atoms with Crippen LogP contribution in [0.2, 0.25) is 0 Å². The fraction of sp³-hybridized carbons (Fsp3) is 0.550. The maximum atomic E-state index is 12.8. The molecule has 2 N–H and O–H groups in total. The summed E-state index contributed by atoms with van der Waals surface area (Å²) in [5, 5.41) is 10.9. The molecule has 2 aromatic heterocycles. The van der Waals surface area contributed by atoms with Gasteiger partial charge in [0.05, 0.1) is 12.2 Å². The highest BCUT2D eigenvalue weighted by atomic mass is 16.1. The summed E-state index contributed by atoms with van der Waals surface area (Å²) in [7, 11) is 0. The van der Waals surface area contributed by atoms with E-state index < -0.39 is 0 Å². The smallest absolute Gasteiger partial charge is 0.256 e. The Kier molecular flexibility index (Phi) is 5.38. The van der Waals surface area contributed by atoms with Gasteiger partial charge in [0.1, 0.15) is 11.6 Å². The van der Waals surface area contributed by atoms with Crippen molar-refractivity contribution >= 4 is 17.5 Å². The number of anilines is 2. The lowest BCUT2D eigenvalue weighted by Crippen LogP contribution is -2.35. The summed E-state index contributed by atoms with van der Waals surface area (Å²) in [5.74, 6) is 1.41. The summed E-state index contributed by atoms with van der Waals surface area (Å²) >= 11 is 0. The molecular formula is C20H28N6O. The molecule has 7 heteroatoms. The highest BCUT2D eigenvalue weighted by Crippen LogP contribution is 2.26. The number of nitrogens with one attached hydrogen (secondary N) is 2. The van der Waals surface area contributed by atoms with E-state index in [4.69, 9.17) is 0 Å². The van der Waals surface area contributed by atoms with Crippen molar-refractivity contribution in [3.05, 3.63) is 36.2 Å². The fourth-order valence-corrected chi connectivity index (χ4v) is 3.79. The van der Waals surface area contributed by atoms with Crippen LogP contribution < -0.4 is 10.6 Å². The van der Waals surface area contributed by atoms with Gasteiger partial charge in [0, 0.05) is 37.0 Å². The summed E-state index contributed by atoms with van der Waals surface area (Å²) < 4.78 is 1.97. The number of carbonyl (C=O) groups excluding carboxylic acids is 1. The lowest BCUT2D eigenvalue weighted by Gasteiger charge is -2.31. The zero-order valence-electron chi connectivity index (χ0n) is 15.9. The molecule has 2 aromatic rings. The molecule has 2 fully saturated rings. The molecule has 7 nitrogen and oxygen atoms in total. The number of amides is 1. The minimum atomic E-state index is -0.123. The molecule has 1 saturated carbocycles. The first kappa shape index (κ1) is 18.0. The minimum Gasteiger partial charge on any atom is -0.367 e. The third-order valence-electron chi connectivity index (χ3n) is 5.74. The first-order valence-corrected chi connectivity index (χ1v) is 10.0. The van der Waals surface area contributed by atoms with Crippen LogP contribution in [0.25, 0.3) is 0 Å². The van der Waals surface area contributed by atoms with E-state index in [1.807, 2.05) is 16.8 Å². The van der Waals surface area contributed by atoms with Gasteiger partial charge in [-0.1, -0.05) is 6.92 Å². The van der Waals surface area contributed by atoms with E-state index in [0.717, 1.165) is 44.1 Å². The Morgan fingerprint density at radius 1 is 1.19 bits per heavy atom. The van der Waals surface area contributed by atoms with Gasteiger partial charge in [0.2, 0.25) is 0 Å². The quantitative estimate of drug-likeness (QED) is 0.819. The van der Waals surface area contributed by atoms with Gasteiger partial charge in [-0.25, -0.2) is 9.67 Å². The molecule has 0 atom stereocenters. The molecular weight excluding hydrogens is 340 g/mol. The lowest BCUT2D eigenvalue weighted by atomic mass is 9.93. The number of nitrogens with zero attached hydrogens (tertiary/aromatic N) is 4. The van der Waals surface area contributed by atoms with E-state index in [1.54, 1.807) is 18.5 Å². The van der Waals surface area contributed by atoms with Crippen molar-refractivity contribution in [1.82, 2.24) is 19.7 Å². The molecule has 1 aliphatic heterocycles. The summed E-state index contributed by atoms with van der Waals surface area (Å²) in [5.41, 5.74) is 0.611. The van der Waals surface area contributed by atoms with Crippen molar-refractivity contribution in [2.75, 3.05) is 30.3 Å². The van der Waals surface area contributed by atoms with Crippen LogP contribution in [-0.2, 0) is 0 Å². The number of rotatable bonds is 6. The Labute approximate surface area is 160 Å². The second-order valence-corrected chi connectivity index (χ2v) is 7.48. The Morgan fingerprint density at radius 3 is 2.70 bits per heavy atom. The van der Waals surface area contributed by atoms with Crippen LogP contribution in [0, 0.1) is 0 Å². The molecule has 0 bridgehead atoms. The summed E-state index contributed by atoms with van der Waals surface area (Å²) in [4.78, 5) is 19.5. The van der Waals surface area contributed by atoms with Gasteiger partial charge in [0.25, 0.3) is 5.91 Å². The normalized spacial score (nSPS) is 18.9. The summed E-state index contributed by atoms with van der Waals surface area (Å²) in [6.07, 6.45) is 9.18. The van der Waals surface area contributed by atoms with Crippen molar-refractivity contribution in [1.29, 1.82) is 0 Å². The van der Waals surface area contributed by atoms with Crippen LogP contribution in [0.4, 0.5) is 11.6 Å². The van der Waals surface area contributed by atoms with E-state index in [2.05, 4.69) is 32.5 Å². The Morgan fingerprint density at radius 2 is 2.00 bits per heavy atom. The lowest BCUT2D eigenvalue weighted by molar-refractivity contribution is 0.102. The number of pyridine rings is 1. The molecule has 4 rings (SSSR count). The third-order valence-corrected chi connectivity index (χ3v) is 5.74. The van der Waals surface area contributed by atoms with Crippen molar-refractivity contribution in [3.8, 4) is 0 Å². The van der Waals surface area contributed by atoms with E-state index in [9.17, 15) is 4.79 Å². The number of hydrogen-bond acceptors (Lipinski definition) is 5. The second-order valence-electron chi connectivity index (χ2n) is 7.48. The first-order chi connectivity index (χ1) is 13.2. The molecule has 3 heterocycles. The molecule has 27 heavy (non-hydrogen) atoms. The van der Waals surface area contributed by atoms with Gasteiger partial charge in [-0.05, 0) is 50.8 Å². The topological polar surface area (TPSA) is 75.1 Å². The highest BCUT2D eigenvalue weighted by Gasteiger charge is 2.23. The molecule has 0 aromatic carbocycles. The van der Waals surface area contributed by atoms with Gasteiger partial charge < -0.3 is 15.5 Å². The molecule has 0 spiro atoms. The van der Waals surface area contributed by atoms with Gasteiger partial charge in [-0.2, -0.15) is 5.10 Å². The SMILES string of the molecule is CCN1CCC(n2nccc2NC(=O)c2ccnc(NC3CCC3)c2)CC1. The third kappa shape index (κ3) is 4.13. The fourth-order valence-electron chi connectivity index (χ4n) is 3.79. The molecule has 1 saturated heterocycles. The van der Waals surface area contributed by atoms with Gasteiger partial charge in [-0.15, -0.1) is 0 Å². The summed E-state index contributed by atoms with van der Waals surface area (Å²) in [6, 6.07) is 6.28. The van der Waals surface area contributed by atoms with Crippen LogP contribution in [0.3, 0.4) is 0 Å². The van der Waals surface area contributed by atoms with Gasteiger partial charge in [0.15, 0.2) is 0 Å². The first-order valence-electron chi connectivity index (χ1n) is 10.0. The van der Waals surface area contributed by atoms with E-state index in [0.29, 0.717) is 17.6 Å². The monoisotopic (exact) mass is 368 g/mol. The average molecular weight is 368 g/mol. The van der Waals surface area contributed by atoms with Crippen molar-refractivity contribution < 1.29 is 4.79 Å². The summed E-state index contributed by atoms with van der Waals surface area (Å²) in [6.45, 7) is 5.45. The number of aromatic nitrogens is 3. The van der Waals surface area contributed by atoms with E-state index >= 15 is 0 Å². The number of carbonyl (C=O) groups is 1. The van der Waals surface area contributed by atoms with Crippen LogP contribution >= 0.6 is 0 Å². The van der Waals surface area contributed by atoms with Crippen LogP contribution in [0.15, 0.2) is 30.6 Å². The predicted molar refractivity (Wildman–Crippen MR) is 106 cm³/mol. The molecule has 144 valence electrons. The molecule has 1 amide bonds. The predicted octanol–water partition coefficient (Wildman–Crippen LogP) is 3.15. The number of piperidine rings is 1. The van der Waals surface area contributed by atoms with Crippen LogP contribution in [-0.4, -0.2) is 51.2 Å². The maximum Gasteiger partial charge on any atom is 0.256 e. The van der Waals surface area contributed by atoms with Crippen molar-refractivity contribution in [2.24, 2.45) is 0 Å². The second kappa shape index (κ2) is 8.08. The minimum absolute atomic E-state index is 0.123. The zero-order chi connectivity index (χ0) is 18.6. The van der Waals surface area contributed by atoms with E-state index in [-0.39, 0.29) is 5.91 Å². The van der Waals surface area contributed by atoms with Crippen LogP contribution in [0.5, 0.6) is 0 Å². The highest BCUT2D eigenvalue weighted by molar-refractivity contribution is 6.04. The van der Waals surface area contributed by atoms with E-state index in [1.165, 1.54) is 19.3 Å². The largest absolute Gasteiger partial charge is 0.367 e. The maximum absolute atomic E-state index is 12.8. The molecule has 2 aliphatic rings. The number of likely N-dealkylation sites (tertiary alicyclic amines) is 1. The van der Waals surface area contributed by atoms with Gasteiger partial charge in [-0.3, -0.25) is 4.79 Å². The Balaban J connectivity index is 1.41. The number of hydrogen-bond donors (Lipinski definition) is 2. The molecule has 0 radical (unpaired) electrons. The molecule has 1 aliphatic carbocycles. The van der Waals surface area contributed by atoms with Crippen LogP contribution in [0.1, 0.15) is 55.4 Å². The zero-order valence-corrected chi connectivity index (χ0v) is 15.9. The Hall–Kier alpha value is -2.41. The standard InChI is InChI=1S/C20H28N6O/c1-2-25-12-8-17(9-13-25)26-19(7-11-22-26)24-20(27)15-6-10-21-18(14-15)23-16-4-3-5-16/h6-7,10-11,14,16-17H,2-5,8-9,12-13H2,1H3,(H,21,23)(H,24,27). The molecule has 0 unspecified atom stereocenters. The van der Waals surface area contributed by atoms with Crippen molar-refractivity contribution in [2.45, 2.75) is 51.1 Å². The van der Waals surface area contributed by atoms with Crippen molar-refractivity contribution in [3.63, 3.8) is 0 Å². The average Bonchev–Trinajstić information content (AvgIpc) is 3.13. The van der Waals surface area contributed by atoms with Gasteiger partial charge >= 0.3 is 0 Å². The Bertz CT molecular complexity index is 776.